The van der Waals surface area contributed by atoms with E-state index in [1.54, 1.807) is 36.4 Å². The standard InChI is InChI=1S/C25H24FNO5S/c1-2-31-20-11-7-17(8-12-20)21(28)13-14-24(30)32-16-23(29)27-25(22-4-3-15-33-22)18-5-9-19(26)10-6-18/h3-12,15,25H,2,13-14,16H2,1H3,(H,27,29). The van der Waals surface area contributed by atoms with Gasteiger partial charge in [-0.05, 0) is 60.3 Å². The van der Waals surface area contributed by atoms with Gasteiger partial charge in [0.2, 0.25) is 0 Å². The van der Waals surface area contributed by atoms with Crippen LogP contribution in [0.2, 0.25) is 0 Å². The first-order valence-corrected chi connectivity index (χ1v) is 11.3. The van der Waals surface area contributed by atoms with Gasteiger partial charge >= 0.3 is 5.97 Å². The van der Waals surface area contributed by atoms with Crippen LogP contribution in [-0.4, -0.2) is 30.9 Å². The van der Waals surface area contributed by atoms with E-state index in [0.717, 1.165) is 4.88 Å². The van der Waals surface area contributed by atoms with E-state index in [4.69, 9.17) is 9.47 Å². The lowest BCUT2D eigenvalue weighted by Gasteiger charge is -2.18. The zero-order chi connectivity index (χ0) is 23.6. The summed E-state index contributed by atoms with van der Waals surface area (Å²) in [5.74, 6) is -1.04. The first kappa shape index (κ1) is 24.1. The fourth-order valence-corrected chi connectivity index (χ4v) is 3.92. The number of carbonyl (C=O) groups excluding carboxylic acids is 3. The van der Waals surface area contributed by atoms with Crippen LogP contribution in [0.5, 0.6) is 5.75 Å². The number of halogens is 1. The Morgan fingerprint density at radius 3 is 2.36 bits per heavy atom. The van der Waals surface area contributed by atoms with Crippen LogP contribution in [0, 0.1) is 5.82 Å². The van der Waals surface area contributed by atoms with Gasteiger partial charge in [0.05, 0.1) is 19.1 Å². The summed E-state index contributed by atoms with van der Waals surface area (Å²) >= 11 is 1.45. The Balaban J connectivity index is 1.48. The number of hydrogen-bond donors (Lipinski definition) is 1. The van der Waals surface area contributed by atoms with Crippen molar-refractivity contribution < 1.29 is 28.2 Å². The minimum atomic E-state index is -0.640. The fraction of sp³-hybridized carbons (Fsp3) is 0.240. The number of esters is 1. The number of thiophene rings is 1. The first-order valence-electron chi connectivity index (χ1n) is 10.5. The lowest BCUT2D eigenvalue weighted by molar-refractivity contribution is -0.148. The van der Waals surface area contributed by atoms with Crippen LogP contribution in [0.4, 0.5) is 4.39 Å². The molecule has 1 amide bonds. The van der Waals surface area contributed by atoms with Crippen LogP contribution in [0.3, 0.4) is 0 Å². The number of carbonyl (C=O) groups is 3. The van der Waals surface area contributed by atoms with E-state index in [0.29, 0.717) is 23.5 Å². The largest absolute Gasteiger partial charge is 0.494 e. The highest BCUT2D eigenvalue weighted by Crippen LogP contribution is 2.26. The molecule has 1 N–H and O–H groups in total. The summed E-state index contributed by atoms with van der Waals surface area (Å²) in [6.07, 6.45) is -0.159. The van der Waals surface area contributed by atoms with Gasteiger partial charge in [0.1, 0.15) is 11.6 Å². The highest BCUT2D eigenvalue weighted by Gasteiger charge is 2.19. The van der Waals surface area contributed by atoms with Crippen LogP contribution in [0.25, 0.3) is 0 Å². The van der Waals surface area contributed by atoms with Gasteiger partial charge in [0.25, 0.3) is 5.91 Å². The van der Waals surface area contributed by atoms with Crippen LogP contribution in [0.1, 0.15) is 46.6 Å². The van der Waals surface area contributed by atoms with Gasteiger partial charge in [-0.15, -0.1) is 11.3 Å². The van der Waals surface area contributed by atoms with E-state index in [-0.39, 0.29) is 24.4 Å². The van der Waals surface area contributed by atoms with Crippen LogP contribution in [-0.2, 0) is 14.3 Å². The zero-order valence-corrected chi connectivity index (χ0v) is 18.9. The maximum Gasteiger partial charge on any atom is 0.306 e. The van der Waals surface area contributed by atoms with Crippen LogP contribution >= 0.6 is 11.3 Å². The lowest BCUT2D eigenvalue weighted by atomic mass is 10.1. The van der Waals surface area contributed by atoms with Crippen molar-refractivity contribution in [2.75, 3.05) is 13.2 Å². The third kappa shape index (κ3) is 7.25. The monoisotopic (exact) mass is 469 g/mol. The highest BCUT2D eigenvalue weighted by molar-refractivity contribution is 7.10. The van der Waals surface area contributed by atoms with Gasteiger partial charge in [0, 0.05) is 16.9 Å². The summed E-state index contributed by atoms with van der Waals surface area (Å²) in [5, 5.41) is 4.68. The molecule has 1 aromatic heterocycles. The van der Waals surface area contributed by atoms with Crippen molar-refractivity contribution in [1.29, 1.82) is 0 Å². The van der Waals surface area contributed by atoms with Crippen LogP contribution in [0.15, 0.2) is 66.0 Å². The van der Waals surface area contributed by atoms with Crippen molar-refractivity contribution in [3.63, 3.8) is 0 Å². The molecule has 2 aromatic carbocycles. The number of ketones is 1. The molecule has 1 unspecified atom stereocenters. The number of nitrogens with one attached hydrogen (secondary N) is 1. The quantitative estimate of drug-likeness (QED) is 0.325. The van der Waals surface area contributed by atoms with Crippen LogP contribution < -0.4 is 10.1 Å². The van der Waals surface area contributed by atoms with Crippen molar-refractivity contribution in [2.24, 2.45) is 0 Å². The zero-order valence-electron chi connectivity index (χ0n) is 18.1. The third-order valence-corrected chi connectivity index (χ3v) is 5.68. The van der Waals surface area contributed by atoms with Gasteiger partial charge < -0.3 is 14.8 Å². The average molecular weight is 470 g/mol. The first-order chi connectivity index (χ1) is 16.0. The SMILES string of the molecule is CCOc1ccc(C(=O)CCC(=O)OCC(=O)NC(c2ccc(F)cc2)c2cccs2)cc1. The van der Waals surface area contributed by atoms with E-state index in [2.05, 4.69) is 5.32 Å². The third-order valence-electron chi connectivity index (χ3n) is 4.74. The molecule has 0 aliphatic rings. The van der Waals surface area contributed by atoms with Gasteiger partial charge in [-0.1, -0.05) is 18.2 Å². The Labute approximate surface area is 195 Å². The molecule has 0 spiro atoms. The predicted molar refractivity (Wildman–Crippen MR) is 123 cm³/mol. The molecule has 8 heteroatoms. The molecule has 0 saturated heterocycles. The second-order valence-electron chi connectivity index (χ2n) is 7.11. The second-order valence-corrected chi connectivity index (χ2v) is 8.09. The molecule has 1 heterocycles. The smallest absolute Gasteiger partial charge is 0.306 e. The van der Waals surface area contributed by atoms with Crippen molar-refractivity contribution in [2.45, 2.75) is 25.8 Å². The predicted octanol–water partition coefficient (Wildman–Crippen LogP) is 4.70. The van der Waals surface area contributed by atoms with Gasteiger partial charge in [0.15, 0.2) is 12.4 Å². The van der Waals surface area contributed by atoms with Gasteiger partial charge in [-0.2, -0.15) is 0 Å². The lowest BCUT2D eigenvalue weighted by Crippen LogP contribution is -2.32. The molecule has 3 aromatic rings. The number of hydrogen-bond acceptors (Lipinski definition) is 6. The normalized spacial score (nSPS) is 11.5. The number of rotatable bonds is 11. The van der Waals surface area contributed by atoms with Gasteiger partial charge in [-0.3, -0.25) is 14.4 Å². The summed E-state index contributed by atoms with van der Waals surface area (Å²) in [6.45, 7) is 1.93. The Morgan fingerprint density at radius 2 is 1.73 bits per heavy atom. The maximum atomic E-state index is 13.3. The Bertz CT molecular complexity index is 1070. The number of Topliss-reactive ketones (excluding diaryl/α,β-unsaturated/α-hetero) is 1. The number of amides is 1. The topological polar surface area (TPSA) is 81.7 Å². The molecule has 33 heavy (non-hydrogen) atoms. The van der Waals surface area contributed by atoms with Crippen molar-refractivity contribution in [3.8, 4) is 5.75 Å². The molecule has 0 fully saturated rings. The number of ether oxygens (including phenoxy) is 2. The summed E-state index contributed by atoms with van der Waals surface area (Å²) < 4.78 is 23.7. The van der Waals surface area contributed by atoms with Gasteiger partial charge in [-0.25, -0.2) is 4.39 Å². The van der Waals surface area contributed by atoms with Crippen molar-refractivity contribution in [1.82, 2.24) is 5.32 Å². The molecule has 0 bridgehead atoms. The summed E-state index contributed by atoms with van der Waals surface area (Å²) in [5.41, 5.74) is 1.18. The molecule has 172 valence electrons. The molecular formula is C25H24FNO5S. The highest BCUT2D eigenvalue weighted by atomic mass is 32.1. The molecule has 1 atom stereocenters. The molecule has 0 aliphatic carbocycles. The Hall–Kier alpha value is -3.52. The van der Waals surface area contributed by atoms with E-state index in [1.165, 1.54) is 23.5 Å². The average Bonchev–Trinajstić information content (AvgIpc) is 3.36. The van der Waals surface area contributed by atoms with Crippen molar-refractivity contribution in [3.05, 3.63) is 87.9 Å². The van der Waals surface area contributed by atoms with E-state index in [9.17, 15) is 18.8 Å². The van der Waals surface area contributed by atoms with Crippen molar-refractivity contribution >= 4 is 29.0 Å². The minimum Gasteiger partial charge on any atom is -0.494 e. The minimum absolute atomic E-state index is 0.0260. The summed E-state index contributed by atoms with van der Waals surface area (Å²) in [4.78, 5) is 37.6. The summed E-state index contributed by atoms with van der Waals surface area (Å²) in [7, 11) is 0. The molecule has 3 rings (SSSR count). The fourth-order valence-electron chi connectivity index (χ4n) is 3.11. The molecule has 0 saturated carbocycles. The van der Waals surface area contributed by atoms with E-state index in [1.807, 2.05) is 24.4 Å². The van der Waals surface area contributed by atoms with E-state index < -0.39 is 24.5 Å². The molecular weight excluding hydrogens is 445 g/mol. The van der Waals surface area contributed by atoms with E-state index >= 15 is 0 Å². The second kappa shape index (κ2) is 11.9. The molecule has 0 aliphatic heterocycles. The number of benzene rings is 2. The maximum absolute atomic E-state index is 13.3. The summed E-state index contributed by atoms with van der Waals surface area (Å²) in [6, 6.07) is 15.7. The molecule has 6 nitrogen and oxygen atoms in total. The Kier molecular flexibility index (Phi) is 8.71. The Morgan fingerprint density at radius 1 is 1.00 bits per heavy atom. The molecule has 0 radical (unpaired) electrons.